The minimum Gasteiger partial charge on any atom is -0.372 e. The first-order valence-electron chi connectivity index (χ1n) is 5.34. The zero-order valence-corrected chi connectivity index (χ0v) is 11.2. The van der Waals surface area contributed by atoms with Crippen LogP contribution in [0, 0.1) is 5.92 Å². The highest BCUT2D eigenvalue weighted by atomic mass is 79.9. The predicted octanol–water partition coefficient (Wildman–Crippen LogP) is 2.86. The van der Waals surface area contributed by atoms with Crippen LogP contribution in [0.5, 0.6) is 0 Å². The fraction of sp³-hybridized carbons (Fsp3) is 0.417. The molecule has 0 radical (unpaired) electrons. The number of hydrogen-bond acceptors (Lipinski definition) is 2. The Morgan fingerprint density at radius 3 is 2.75 bits per heavy atom. The third-order valence-corrected chi connectivity index (χ3v) is 3.39. The molecule has 3 nitrogen and oxygen atoms in total. The van der Waals surface area contributed by atoms with E-state index in [9.17, 15) is 4.79 Å². The lowest BCUT2D eigenvalue weighted by Gasteiger charge is -2.35. The molecule has 1 amide bonds. The molecule has 1 heterocycles. The largest absolute Gasteiger partial charge is 0.372 e. The van der Waals surface area contributed by atoms with Gasteiger partial charge in [-0.25, -0.2) is 0 Å². The molecule has 16 heavy (non-hydrogen) atoms. The zero-order valence-electron chi connectivity index (χ0n) is 9.62. The predicted molar refractivity (Wildman–Crippen MR) is 69.8 cm³/mol. The van der Waals surface area contributed by atoms with Crippen molar-refractivity contribution in [2.75, 3.05) is 17.3 Å². The van der Waals surface area contributed by atoms with Crippen molar-refractivity contribution in [3.63, 3.8) is 0 Å². The van der Waals surface area contributed by atoms with Gasteiger partial charge in [-0.3, -0.25) is 4.79 Å². The van der Waals surface area contributed by atoms with Crippen molar-refractivity contribution in [1.82, 2.24) is 0 Å². The maximum Gasteiger partial charge on any atom is 0.249 e. The second kappa shape index (κ2) is 4.09. The highest BCUT2D eigenvalue weighted by Crippen LogP contribution is 2.34. The van der Waals surface area contributed by atoms with E-state index in [1.54, 1.807) is 4.90 Å². The molecule has 1 aromatic rings. The maximum atomic E-state index is 12.1. The molecule has 1 aliphatic heterocycles. The molecule has 0 aromatic heterocycles. The van der Waals surface area contributed by atoms with E-state index in [-0.39, 0.29) is 17.9 Å². The Hall–Kier alpha value is -1.03. The van der Waals surface area contributed by atoms with Gasteiger partial charge in [-0.15, -0.1) is 0 Å². The Labute approximate surface area is 104 Å². The number of carbonyl (C=O) groups excluding carboxylic acids is 1. The highest BCUT2D eigenvalue weighted by Gasteiger charge is 2.31. The van der Waals surface area contributed by atoms with Gasteiger partial charge in [0, 0.05) is 11.5 Å². The number of halogens is 1. The third kappa shape index (κ3) is 1.82. The van der Waals surface area contributed by atoms with Crippen LogP contribution in [-0.2, 0) is 4.79 Å². The van der Waals surface area contributed by atoms with E-state index in [0.29, 0.717) is 0 Å². The van der Waals surface area contributed by atoms with E-state index in [4.69, 9.17) is 0 Å². The van der Waals surface area contributed by atoms with Crippen molar-refractivity contribution >= 4 is 33.2 Å². The van der Waals surface area contributed by atoms with Gasteiger partial charge in [0.1, 0.15) is 6.04 Å². The summed E-state index contributed by atoms with van der Waals surface area (Å²) in [5.74, 6) is 0.410. The summed E-state index contributed by atoms with van der Waals surface area (Å²) in [6.45, 7) is 4.10. The summed E-state index contributed by atoms with van der Waals surface area (Å²) in [5, 5.41) is 3.29. The first kappa shape index (κ1) is 11.5. The Balaban J connectivity index is 2.44. The summed E-state index contributed by atoms with van der Waals surface area (Å²) in [6, 6.07) is 5.81. The van der Waals surface area contributed by atoms with Crippen LogP contribution in [-0.4, -0.2) is 19.0 Å². The van der Waals surface area contributed by atoms with Gasteiger partial charge in [-0.05, 0) is 24.1 Å². The SMILES string of the molecule is CC(C)C1Nc2ccc(Br)cc2N(C)C1=O. The number of carbonyl (C=O) groups is 1. The number of amides is 1. The minimum absolute atomic E-state index is 0.126. The van der Waals surface area contributed by atoms with Gasteiger partial charge in [0.15, 0.2) is 0 Å². The molecule has 0 saturated heterocycles. The van der Waals surface area contributed by atoms with E-state index in [1.165, 1.54) is 0 Å². The van der Waals surface area contributed by atoms with Crippen molar-refractivity contribution in [3.05, 3.63) is 22.7 Å². The minimum atomic E-state index is -0.126. The standard InChI is InChI=1S/C12H15BrN2O/c1-7(2)11-12(16)15(3)10-6-8(13)4-5-9(10)14-11/h4-7,11,14H,1-3H3. The summed E-state index contributed by atoms with van der Waals surface area (Å²) in [6.07, 6.45) is 0. The van der Waals surface area contributed by atoms with E-state index in [0.717, 1.165) is 15.8 Å². The van der Waals surface area contributed by atoms with Crippen LogP contribution in [0.3, 0.4) is 0 Å². The quantitative estimate of drug-likeness (QED) is 0.859. The maximum absolute atomic E-state index is 12.1. The molecule has 86 valence electrons. The molecule has 0 spiro atoms. The number of likely N-dealkylation sites (N-methyl/N-ethyl adjacent to an activating group) is 1. The van der Waals surface area contributed by atoms with Crippen molar-refractivity contribution in [3.8, 4) is 0 Å². The zero-order chi connectivity index (χ0) is 11.9. The Morgan fingerprint density at radius 1 is 1.44 bits per heavy atom. The monoisotopic (exact) mass is 282 g/mol. The molecule has 2 rings (SSSR count). The number of hydrogen-bond donors (Lipinski definition) is 1. The van der Waals surface area contributed by atoms with Crippen LogP contribution >= 0.6 is 15.9 Å². The van der Waals surface area contributed by atoms with Gasteiger partial charge >= 0.3 is 0 Å². The van der Waals surface area contributed by atoms with Crippen molar-refractivity contribution < 1.29 is 4.79 Å². The molecule has 0 aliphatic carbocycles. The first-order chi connectivity index (χ1) is 7.50. The van der Waals surface area contributed by atoms with Gasteiger partial charge in [0.25, 0.3) is 0 Å². The molecule has 4 heteroatoms. The number of anilines is 2. The number of fused-ring (bicyclic) bond motifs is 1. The fourth-order valence-corrected chi connectivity index (χ4v) is 2.26. The lowest BCUT2D eigenvalue weighted by molar-refractivity contribution is -0.120. The fourth-order valence-electron chi connectivity index (χ4n) is 1.91. The van der Waals surface area contributed by atoms with Gasteiger partial charge in [-0.1, -0.05) is 29.8 Å². The van der Waals surface area contributed by atoms with E-state index in [1.807, 2.05) is 39.1 Å². The molecule has 1 unspecified atom stereocenters. The van der Waals surface area contributed by atoms with Crippen LogP contribution < -0.4 is 10.2 Å². The van der Waals surface area contributed by atoms with Crippen LogP contribution in [0.2, 0.25) is 0 Å². The van der Waals surface area contributed by atoms with Crippen LogP contribution in [0.15, 0.2) is 22.7 Å². The molecular formula is C12H15BrN2O. The number of rotatable bonds is 1. The smallest absolute Gasteiger partial charge is 0.249 e. The summed E-state index contributed by atoms with van der Waals surface area (Å²) in [5.41, 5.74) is 1.94. The molecule has 1 aromatic carbocycles. The van der Waals surface area contributed by atoms with Gasteiger partial charge < -0.3 is 10.2 Å². The lowest BCUT2D eigenvalue weighted by atomic mass is 9.99. The Kier molecular flexibility index (Phi) is 2.93. The average molecular weight is 283 g/mol. The van der Waals surface area contributed by atoms with E-state index in [2.05, 4.69) is 21.2 Å². The molecule has 0 bridgehead atoms. The second-order valence-electron chi connectivity index (χ2n) is 4.42. The van der Waals surface area contributed by atoms with E-state index >= 15 is 0 Å². The summed E-state index contributed by atoms with van der Waals surface area (Å²) >= 11 is 3.42. The molecule has 0 fully saturated rings. The van der Waals surface area contributed by atoms with Gasteiger partial charge in [0.2, 0.25) is 5.91 Å². The second-order valence-corrected chi connectivity index (χ2v) is 5.34. The Morgan fingerprint density at radius 2 is 2.12 bits per heavy atom. The number of nitrogens with one attached hydrogen (secondary N) is 1. The molecule has 1 aliphatic rings. The third-order valence-electron chi connectivity index (χ3n) is 2.90. The first-order valence-corrected chi connectivity index (χ1v) is 6.13. The van der Waals surface area contributed by atoms with Gasteiger partial charge in [0.05, 0.1) is 11.4 Å². The van der Waals surface area contributed by atoms with Crippen molar-refractivity contribution in [2.24, 2.45) is 5.92 Å². The molecule has 0 saturated carbocycles. The summed E-state index contributed by atoms with van der Waals surface area (Å²) in [4.78, 5) is 13.8. The van der Waals surface area contributed by atoms with Crippen LogP contribution in [0.1, 0.15) is 13.8 Å². The van der Waals surface area contributed by atoms with Gasteiger partial charge in [-0.2, -0.15) is 0 Å². The topological polar surface area (TPSA) is 32.3 Å². The number of nitrogens with zero attached hydrogens (tertiary/aromatic N) is 1. The van der Waals surface area contributed by atoms with Crippen LogP contribution in [0.4, 0.5) is 11.4 Å². The van der Waals surface area contributed by atoms with E-state index < -0.39 is 0 Å². The molecule has 1 N–H and O–H groups in total. The molecular weight excluding hydrogens is 268 g/mol. The Bertz CT molecular complexity index is 431. The van der Waals surface area contributed by atoms with Crippen molar-refractivity contribution in [2.45, 2.75) is 19.9 Å². The number of benzene rings is 1. The summed E-state index contributed by atoms with van der Waals surface area (Å²) < 4.78 is 0.982. The highest BCUT2D eigenvalue weighted by molar-refractivity contribution is 9.10. The average Bonchev–Trinajstić information content (AvgIpc) is 2.23. The normalized spacial score (nSPS) is 19.7. The lowest BCUT2D eigenvalue weighted by Crippen LogP contribution is -2.47. The molecule has 1 atom stereocenters. The van der Waals surface area contributed by atoms with Crippen molar-refractivity contribution in [1.29, 1.82) is 0 Å². The summed E-state index contributed by atoms with van der Waals surface area (Å²) in [7, 11) is 1.82. The van der Waals surface area contributed by atoms with Crippen LogP contribution in [0.25, 0.3) is 0 Å².